The van der Waals surface area contributed by atoms with Gasteiger partial charge in [-0.3, -0.25) is 19.1 Å². The van der Waals surface area contributed by atoms with Crippen LogP contribution in [0.25, 0.3) is 11.2 Å². The smallest absolute Gasteiger partial charge is 0.333 e. The van der Waals surface area contributed by atoms with Crippen LogP contribution in [0.3, 0.4) is 0 Å². The first-order valence-electron chi connectivity index (χ1n) is 10.9. The SMILES string of the molecule is O=C(Cn1c(=O)c2c(ncn2Cc2ccccc2)n(Cc2ccccc2)c1=O)N1CCNC1=O. The summed E-state index contributed by atoms with van der Waals surface area (Å²) in [6.45, 7) is 0.543. The molecule has 1 saturated heterocycles. The summed E-state index contributed by atoms with van der Waals surface area (Å²) in [6.07, 6.45) is 1.53. The van der Waals surface area contributed by atoms with E-state index in [9.17, 15) is 19.2 Å². The normalized spacial score (nSPS) is 13.4. The number of nitrogens with one attached hydrogen (secondary N) is 1. The predicted octanol–water partition coefficient (Wildman–Crippen LogP) is 1.01. The molecule has 1 aliphatic heterocycles. The third-order valence-corrected chi connectivity index (χ3v) is 5.81. The number of nitrogens with zero attached hydrogens (tertiary/aromatic N) is 5. The minimum atomic E-state index is -0.653. The van der Waals surface area contributed by atoms with Crippen LogP contribution in [-0.4, -0.2) is 48.6 Å². The van der Waals surface area contributed by atoms with Gasteiger partial charge in [-0.25, -0.2) is 19.1 Å². The minimum Gasteiger partial charge on any atom is -0.336 e. The maximum atomic E-state index is 13.5. The highest BCUT2D eigenvalue weighted by atomic mass is 16.2. The highest BCUT2D eigenvalue weighted by Crippen LogP contribution is 2.12. The molecule has 4 aromatic rings. The number of hydrogen-bond acceptors (Lipinski definition) is 5. The van der Waals surface area contributed by atoms with E-state index in [0.29, 0.717) is 13.1 Å². The van der Waals surface area contributed by atoms with Gasteiger partial charge < -0.3 is 9.88 Å². The monoisotopic (exact) mass is 458 g/mol. The summed E-state index contributed by atoms with van der Waals surface area (Å²) in [4.78, 5) is 57.0. The second-order valence-corrected chi connectivity index (χ2v) is 8.05. The molecule has 0 atom stereocenters. The number of benzene rings is 2. The molecule has 10 nitrogen and oxygen atoms in total. The van der Waals surface area contributed by atoms with Gasteiger partial charge in [0.1, 0.15) is 6.54 Å². The van der Waals surface area contributed by atoms with Gasteiger partial charge in [-0.05, 0) is 11.1 Å². The Kier molecular flexibility index (Phi) is 5.54. The molecule has 1 N–H and O–H groups in total. The van der Waals surface area contributed by atoms with Crippen LogP contribution in [0.1, 0.15) is 11.1 Å². The Bertz CT molecular complexity index is 1490. The molecule has 3 amide bonds. The maximum absolute atomic E-state index is 13.5. The fourth-order valence-electron chi connectivity index (χ4n) is 4.12. The lowest BCUT2D eigenvalue weighted by Gasteiger charge is -2.15. The van der Waals surface area contributed by atoms with Crippen LogP contribution >= 0.6 is 0 Å². The van der Waals surface area contributed by atoms with E-state index in [1.807, 2.05) is 60.7 Å². The van der Waals surface area contributed by atoms with Crippen molar-refractivity contribution in [2.24, 2.45) is 0 Å². The lowest BCUT2D eigenvalue weighted by Crippen LogP contribution is -2.46. The Balaban J connectivity index is 1.64. The molecule has 5 rings (SSSR count). The molecular formula is C24H22N6O4. The topological polar surface area (TPSA) is 111 Å². The number of carbonyl (C=O) groups excluding carboxylic acids is 2. The molecule has 1 fully saturated rings. The average molecular weight is 458 g/mol. The Morgan fingerprint density at radius 3 is 2.15 bits per heavy atom. The standard InChI is InChI=1S/C24H22N6O4/c31-19(28-12-11-25-23(28)33)15-30-22(32)20-21(26-16-27(20)13-17-7-3-1-4-8-17)29(24(30)34)14-18-9-5-2-6-10-18/h1-10,16H,11-15H2,(H,25,33). The van der Waals surface area contributed by atoms with Crippen molar-refractivity contribution in [3.63, 3.8) is 0 Å². The number of fused-ring (bicyclic) bond motifs is 1. The third kappa shape index (κ3) is 3.90. The zero-order valence-corrected chi connectivity index (χ0v) is 18.3. The van der Waals surface area contributed by atoms with E-state index < -0.39 is 29.7 Å². The predicted molar refractivity (Wildman–Crippen MR) is 124 cm³/mol. The number of amides is 3. The van der Waals surface area contributed by atoms with Crippen LogP contribution in [0.15, 0.2) is 76.6 Å². The van der Waals surface area contributed by atoms with E-state index in [0.717, 1.165) is 20.6 Å². The van der Waals surface area contributed by atoms with Crippen molar-refractivity contribution in [3.8, 4) is 0 Å². The number of hydrogen-bond donors (Lipinski definition) is 1. The van der Waals surface area contributed by atoms with Crippen molar-refractivity contribution in [2.75, 3.05) is 13.1 Å². The number of imidazole rings is 1. The number of rotatable bonds is 6. The van der Waals surface area contributed by atoms with Gasteiger partial charge in [-0.1, -0.05) is 60.7 Å². The lowest BCUT2D eigenvalue weighted by atomic mass is 10.2. The van der Waals surface area contributed by atoms with Crippen LogP contribution in [-0.2, 0) is 24.4 Å². The number of urea groups is 1. The summed E-state index contributed by atoms with van der Waals surface area (Å²) in [5.41, 5.74) is 0.998. The Hall–Kier alpha value is -4.47. The summed E-state index contributed by atoms with van der Waals surface area (Å²) >= 11 is 0. The average Bonchev–Trinajstić information content (AvgIpc) is 3.47. The molecule has 0 unspecified atom stereocenters. The molecule has 0 aliphatic carbocycles. The minimum absolute atomic E-state index is 0.178. The van der Waals surface area contributed by atoms with Gasteiger partial charge in [-0.2, -0.15) is 0 Å². The van der Waals surface area contributed by atoms with Crippen LogP contribution in [0.2, 0.25) is 0 Å². The van der Waals surface area contributed by atoms with Gasteiger partial charge in [0, 0.05) is 19.6 Å². The summed E-state index contributed by atoms with van der Waals surface area (Å²) in [5.74, 6) is -0.617. The summed E-state index contributed by atoms with van der Waals surface area (Å²) < 4.78 is 3.96. The fraction of sp³-hybridized carbons (Fsp3) is 0.208. The largest absolute Gasteiger partial charge is 0.336 e. The van der Waals surface area contributed by atoms with E-state index >= 15 is 0 Å². The first kappa shape index (κ1) is 21.4. The first-order chi connectivity index (χ1) is 16.5. The van der Waals surface area contributed by atoms with E-state index in [-0.39, 0.29) is 24.3 Å². The van der Waals surface area contributed by atoms with Crippen LogP contribution in [0.5, 0.6) is 0 Å². The molecule has 172 valence electrons. The van der Waals surface area contributed by atoms with Crippen LogP contribution < -0.4 is 16.6 Å². The van der Waals surface area contributed by atoms with Gasteiger partial charge in [-0.15, -0.1) is 0 Å². The molecule has 0 bridgehead atoms. The zero-order valence-electron chi connectivity index (χ0n) is 18.3. The van der Waals surface area contributed by atoms with E-state index in [2.05, 4.69) is 10.3 Å². The van der Waals surface area contributed by atoms with Gasteiger partial charge >= 0.3 is 11.7 Å². The number of carbonyl (C=O) groups is 2. The summed E-state index contributed by atoms with van der Waals surface area (Å²) in [6, 6.07) is 18.4. The fourth-order valence-corrected chi connectivity index (χ4v) is 4.12. The second kappa shape index (κ2) is 8.81. The Morgan fingerprint density at radius 2 is 1.53 bits per heavy atom. The van der Waals surface area contributed by atoms with Crippen LogP contribution in [0.4, 0.5) is 4.79 Å². The van der Waals surface area contributed by atoms with Crippen molar-refractivity contribution in [1.82, 2.24) is 28.9 Å². The van der Waals surface area contributed by atoms with Gasteiger partial charge in [0.15, 0.2) is 11.2 Å². The van der Waals surface area contributed by atoms with Gasteiger partial charge in [0.05, 0.1) is 12.9 Å². The molecular weight excluding hydrogens is 436 g/mol. The molecule has 0 saturated carbocycles. The van der Waals surface area contributed by atoms with Crippen molar-refractivity contribution in [2.45, 2.75) is 19.6 Å². The molecule has 2 aromatic carbocycles. The Morgan fingerprint density at radius 1 is 0.882 bits per heavy atom. The molecule has 1 aliphatic rings. The number of imide groups is 1. The Labute approximate surface area is 193 Å². The highest BCUT2D eigenvalue weighted by molar-refractivity contribution is 5.95. The van der Waals surface area contributed by atoms with Crippen molar-refractivity contribution in [3.05, 3.63) is 99.0 Å². The summed E-state index contributed by atoms with van der Waals surface area (Å²) in [7, 11) is 0. The zero-order chi connectivity index (χ0) is 23.7. The highest BCUT2D eigenvalue weighted by Gasteiger charge is 2.28. The van der Waals surface area contributed by atoms with Crippen molar-refractivity contribution >= 4 is 23.1 Å². The van der Waals surface area contributed by atoms with E-state index in [1.165, 1.54) is 10.9 Å². The molecule has 10 heteroatoms. The van der Waals surface area contributed by atoms with Gasteiger partial charge in [0.25, 0.3) is 11.5 Å². The quantitative estimate of drug-likeness (QED) is 0.464. The lowest BCUT2D eigenvalue weighted by molar-refractivity contribution is -0.128. The van der Waals surface area contributed by atoms with Crippen LogP contribution in [0, 0.1) is 0 Å². The number of aromatic nitrogens is 4. The second-order valence-electron chi connectivity index (χ2n) is 8.05. The van der Waals surface area contributed by atoms with E-state index in [1.54, 1.807) is 4.57 Å². The van der Waals surface area contributed by atoms with Gasteiger partial charge in [0.2, 0.25) is 0 Å². The molecule has 34 heavy (non-hydrogen) atoms. The molecule has 3 heterocycles. The first-order valence-corrected chi connectivity index (χ1v) is 10.9. The third-order valence-electron chi connectivity index (χ3n) is 5.81. The molecule has 2 aromatic heterocycles. The van der Waals surface area contributed by atoms with Crippen molar-refractivity contribution < 1.29 is 9.59 Å². The van der Waals surface area contributed by atoms with E-state index in [4.69, 9.17) is 0 Å². The van der Waals surface area contributed by atoms with Crippen molar-refractivity contribution in [1.29, 1.82) is 0 Å². The molecule has 0 spiro atoms. The maximum Gasteiger partial charge on any atom is 0.333 e. The summed E-state index contributed by atoms with van der Waals surface area (Å²) in [5, 5.41) is 2.55. The molecule has 0 radical (unpaired) electrons.